The highest BCUT2D eigenvalue weighted by molar-refractivity contribution is 5.75. The number of aromatic hydroxyl groups is 1. The molecule has 1 aliphatic carbocycles. The molecule has 16 heavy (non-hydrogen) atoms. The molecule has 1 aromatic carbocycles. The van der Waals surface area contributed by atoms with Crippen molar-refractivity contribution < 1.29 is 19.9 Å². The van der Waals surface area contributed by atoms with Crippen molar-refractivity contribution >= 4 is 11.7 Å². The third-order valence-electron chi connectivity index (χ3n) is 2.73. The number of phenols is 1. The SMILES string of the molecule is O=C(O)[C@@H]1C[C@H]1c1cc([N+](=O)[O-])ccc1O. The van der Waals surface area contributed by atoms with Crippen molar-refractivity contribution in [3.63, 3.8) is 0 Å². The molecule has 6 heteroatoms. The lowest BCUT2D eigenvalue weighted by Gasteiger charge is -2.02. The van der Waals surface area contributed by atoms with E-state index in [0.717, 1.165) is 0 Å². The summed E-state index contributed by atoms with van der Waals surface area (Å²) in [5.74, 6) is -1.86. The Bertz CT molecular complexity index is 470. The second-order valence-electron chi connectivity index (χ2n) is 3.79. The summed E-state index contributed by atoms with van der Waals surface area (Å²) < 4.78 is 0. The summed E-state index contributed by atoms with van der Waals surface area (Å²) in [6.07, 6.45) is 0.421. The molecule has 0 spiro atoms. The largest absolute Gasteiger partial charge is 0.508 e. The number of carboxylic acid groups (broad SMARTS) is 1. The Kier molecular flexibility index (Phi) is 2.26. The molecule has 84 valence electrons. The van der Waals surface area contributed by atoms with E-state index in [0.29, 0.717) is 12.0 Å². The second-order valence-corrected chi connectivity index (χ2v) is 3.79. The summed E-state index contributed by atoms with van der Waals surface area (Å²) in [6, 6.07) is 3.66. The summed E-state index contributed by atoms with van der Waals surface area (Å²) in [7, 11) is 0. The van der Waals surface area contributed by atoms with Crippen molar-refractivity contribution in [1.82, 2.24) is 0 Å². The molecule has 0 bridgehead atoms. The molecule has 0 heterocycles. The standard InChI is InChI=1S/C10H9NO5/c12-9-2-1-5(11(15)16)3-7(9)6-4-8(6)10(13)14/h1-3,6,8,12H,4H2,(H,13,14)/t6-,8+/m0/s1. The minimum absolute atomic E-state index is 0.0839. The lowest BCUT2D eigenvalue weighted by atomic mass is 10.1. The zero-order valence-corrected chi connectivity index (χ0v) is 8.16. The normalized spacial score (nSPS) is 22.8. The number of rotatable bonds is 3. The quantitative estimate of drug-likeness (QED) is 0.597. The van der Waals surface area contributed by atoms with Gasteiger partial charge in [0.05, 0.1) is 10.8 Å². The Hall–Kier alpha value is -2.11. The number of carbonyl (C=O) groups is 1. The van der Waals surface area contributed by atoms with E-state index in [1.807, 2.05) is 0 Å². The van der Waals surface area contributed by atoms with E-state index in [1.165, 1.54) is 18.2 Å². The van der Waals surface area contributed by atoms with Gasteiger partial charge in [0.2, 0.25) is 0 Å². The van der Waals surface area contributed by atoms with Gasteiger partial charge in [-0.2, -0.15) is 0 Å². The van der Waals surface area contributed by atoms with Crippen LogP contribution in [0.5, 0.6) is 5.75 Å². The summed E-state index contributed by atoms with van der Waals surface area (Å²) in [4.78, 5) is 20.6. The molecule has 0 aliphatic heterocycles. The van der Waals surface area contributed by atoms with Crippen LogP contribution >= 0.6 is 0 Å². The van der Waals surface area contributed by atoms with Crippen molar-refractivity contribution in [1.29, 1.82) is 0 Å². The van der Waals surface area contributed by atoms with Gasteiger partial charge in [0, 0.05) is 23.6 Å². The first-order valence-corrected chi connectivity index (χ1v) is 4.71. The maximum Gasteiger partial charge on any atom is 0.307 e. The van der Waals surface area contributed by atoms with Gasteiger partial charge in [-0.25, -0.2) is 0 Å². The monoisotopic (exact) mass is 223 g/mol. The van der Waals surface area contributed by atoms with E-state index in [2.05, 4.69) is 0 Å². The Morgan fingerprint density at radius 3 is 2.69 bits per heavy atom. The van der Waals surface area contributed by atoms with Crippen molar-refractivity contribution in [2.45, 2.75) is 12.3 Å². The molecule has 1 aliphatic rings. The molecule has 0 unspecified atom stereocenters. The van der Waals surface area contributed by atoms with E-state index < -0.39 is 16.8 Å². The molecule has 0 radical (unpaired) electrons. The van der Waals surface area contributed by atoms with Gasteiger partial charge in [0.25, 0.3) is 5.69 Å². The molecule has 0 saturated heterocycles. The van der Waals surface area contributed by atoms with Crippen LogP contribution in [-0.4, -0.2) is 21.1 Å². The maximum absolute atomic E-state index is 10.7. The summed E-state index contributed by atoms with van der Waals surface area (Å²) in [5.41, 5.74) is 0.213. The highest BCUT2D eigenvalue weighted by Crippen LogP contribution is 2.50. The molecular weight excluding hydrogens is 214 g/mol. The van der Waals surface area contributed by atoms with E-state index in [4.69, 9.17) is 5.11 Å². The fourth-order valence-corrected chi connectivity index (χ4v) is 1.76. The van der Waals surface area contributed by atoms with Crippen LogP contribution in [-0.2, 0) is 4.79 Å². The van der Waals surface area contributed by atoms with E-state index in [-0.39, 0.29) is 17.4 Å². The summed E-state index contributed by atoms with van der Waals surface area (Å²) >= 11 is 0. The molecule has 1 aromatic rings. The number of aliphatic carboxylic acids is 1. The first-order chi connectivity index (χ1) is 7.50. The summed E-state index contributed by atoms with van der Waals surface area (Å²) in [5, 5.41) is 28.8. The Morgan fingerprint density at radius 2 is 2.19 bits per heavy atom. The third kappa shape index (κ3) is 1.69. The number of nitrogens with zero attached hydrogens (tertiary/aromatic N) is 1. The van der Waals surface area contributed by atoms with Gasteiger partial charge in [-0.1, -0.05) is 0 Å². The van der Waals surface area contributed by atoms with Gasteiger partial charge in [0.1, 0.15) is 5.75 Å². The van der Waals surface area contributed by atoms with E-state index in [9.17, 15) is 20.0 Å². The number of nitro benzene ring substituents is 1. The van der Waals surface area contributed by atoms with Gasteiger partial charge in [-0.3, -0.25) is 14.9 Å². The van der Waals surface area contributed by atoms with Crippen LogP contribution in [0.3, 0.4) is 0 Å². The minimum Gasteiger partial charge on any atom is -0.508 e. The highest BCUT2D eigenvalue weighted by atomic mass is 16.6. The Morgan fingerprint density at radius 1 is 1.50 bits per heavy atom. The average Bonchev–Trinajstić information content (AvgIpc) is 2.97. The molecule has 0 amide bonds. The predicted octanol–water partition coefficient (Wildman–Crippen LogP) is 1.49. The van der Waals surface area contributed by atoms with Gasteiger partial charge < -0.3 is 10.2 Å². The highest BCUT2D eigenvalue weighted by Gasteiger charge is 2.45. The van der Waals surface area contributed by atoms with E-state index >= 15 is 0 Å². The van der Waals surface area contributed by atoms with Crippen LogP contribution in [0.4, 0.5) is 5.69 Å². The Balaban J connectivity index is 2.31. The number of hydrogen-bond donors (Lipinski definition) is 2. The van der Waals surface area contributed by atoms with Gasteiger partial charge in [-0.05, 0) is 12.5 Å². The predicted molar refractivity (Wildman–Crippen MR) is 53.2 cm³/mol. The molecule has 1 fully saturated rings. The molecule has 2 N–H and O–H groups in total. The molecule has 6 nitrogen and oxygen atoms in total. The number of carboxylic acids is 1. The van der Waals surface area contributed by atoms with Crippen LogP contribution in [0.2, 0.25) is 0 Å². The molecule has 1 saturated carbocycles. The smallest absolute Gasteiger partial charge is 0.307 e. The second kappa shape index (κ2) is 3.48. The molecular formula is C10H9NO5. The van der Waals surface area contributed by atoms with Crippen molar-refractivity contribution in [3.05, 3.63) is 33.9 Å². The lowest BCUT2D eigenvalue weighted by molar-refractivity contribution is -0.384. The van der Waals surface area contributed by atoms with Crippen molar-refractivity contribution in [2.24, 2.45) is 5.92 Å². The van der Waals surface area contributed by atoms with Crippen LogP contribution in [0.25, 0.3) is 0 Å². The van der Waals surface area contributed by atoms with Gasteiger partial charge in [-0.15, -0.1) is 0 Å². The molecule has 2 rings (SSSR count). The van der Waals surface area contributed by atoms with Crippen molar-refractivity contribution in [3.8, 4) is 5.75 Å². The first-order valence-electron chi connectivity index (χ1n) is 4.71. The minimum atomic E-state index is -0.934. The third-order valence-corrected chi connectivity index (χ3v) is 2.73. The topological polar surface area (TPSA) is 101 Å². The van der Waals surface area contributed by atoms with E-state index in [1.54, 1.807) is 0 Å². The zero-order valence-electron chi connectivity index (χ0n) is 8.16. The number of nitro groups is 1. The fraction of sp³-hybridized carbons (Fsp3) is 0.300. The average molecular weight is 223 g/mol. The van der Waals surface area contributed by atoms with Crippen molar-refractivity contribution in [2.75, 3.05) is 0 Å². The fourth-order valence-electron chi connectivity index (χ4n) is 1.76. The van der Waals surface area contributed by atoms with Crippen LogP contribution < -0.4 is 0 Å². The van der Waals surface area contributed by atoms with Crippen LogP contribution in [0.1, 0.15) is 17.9 Å². The Labute approximate surface area is 90.3 Å². The zero-order chi connectivity index (χ0) is 11.9. The summed E-state index contributed by atoms with van der Waals surface area (Å²) in [6.45, 7) is 0. The van der Waals surface area contributed by atoms with Crippen LogP contribution in [0, 0.1) is 16.0 Å². The number of phenolic OH excluding ortho intramolecular Hbond substituents is 1. The molecule has 0 aromatic heterocycles. The number of non-ortho nitro benzene ring substituents is 1. The number of hydrogen-bond acceptors (Lipinski definition) is 4. The molecule has 2 atom stereocenters. The maximum atomic E-state index is 10.7. The van der Waals surface area contributed by atoms with Gasteiger partial charge in [0.15, 0.2) is 0 Å². The van der Waals surface area contributed by atoms with Crippen LogP contribution in [0.15, 0.2) is 18.2 Å². The first kappa shape index (κ1) is 10.4. The van der Waals surface area contributed by atoms with Gasteiger partial charge >= 0.3 is 5.97 Å². The lowest BCUT2D eigenvalue weighted by Crippen LogP contribution is -1.99. The number of benzene rings is 1.